The van der Waals surface area contributed by atoms with Crippen molar-refractivity contribution in [3.05, 3.63) is 187 Å². The Bertz CT molecular complexity index is 5200. The number of aromatic amines is 2. The third-order valence-corrected chi connectivity index (χ3v) is 20.1. The van der Waals surface area contributed by atoms with Gasteiger partial charge in [-0.25, -0.2) is 48.0 Å². The molecule has 15 rings (SSSR count). The van der Waals surface area contributed by atoms with Crippen LogP contribution in [0.2, 0.25) is 0 Å². The second-order valence-electron chi connectivity index (χ2n) is 26.4. The van der Waals surface area contributed by atoms with Crippen molar-refractivity contribution in [1.82, 2.24) is 64.9 Å². The van der Waals surface area contributed by atoms with Crippen molar-refractivity contribution in [2.75, 3.05) is 94.5 Å². The summed E-state index contributed by atoms with van der Waals surface area (Å²) in [6, 6.07) is 31.9. The van der Waals surface area contributed by atoms with E-state index in [4.69, 9.17) is 52.9 Å². The number of halogens is 3. The summed E-state index contributed by atoms with van der Waals surface area (Å²) in [5, 5.41) is 14.4. The molecule has 2 aliphatic carbocycles. The van der Waals surface area contributed by atoms with Crippen LogP contribution >= 0.6 is 24.4 Å². The zero-order valence-electron chi connectivity index (χ0n) is 57.4. The Morgan fingerprint density at radius 1 is 0.654 bits per heavy atom. The molecule has 0 bridgehead atoms. The highest BCUT2D eigenvalue weighted by Crippen LogP contribution is 2.61. The molecule has 107 heavy (non-hydrogen) atoms. The lowest BCUT2D eigenvalue weighted by Gasteiger charge is -2.30. The van der Waals surface area contributed by atoms with Crippen LogP contribution in [0.5, 0.6) is 46.4 Å². The highest BCUT2D eigenvalue weighted by molar-refractivity contribution is 7.82. The summed E-state index contributed by atoms with van der Waals surface area (Å²) in [6.45, 7) is 6.44. The van der Waals surface area contributed by atoms with E-state index in [0.717, 1.165) is 68.2 Å². The normalized spacial score (nSPS) is 18.6. The first-order valence-electron chi connectivity index (χ1n) is 34.3. The van der Waals surface area contributed by atoms with Gasteiger partial charge in [-0.15, -0.1) is 0 Å². The van der Waals surface area contributed by atoms with Gasteiger partial charge >= 0.3 is 0 Å². The number of carbonyl (C=O) groups is 4. The largest absolute Gasteiger partial charge is 0.493 e. The maximum absolute atomic E-state index is 16.7. The van der Waals surface area contributed by atoms with E-state index in [-0.39, 0.29) is 79.6 Å². The standard InChI is InChI=1S/C75H68F3N17O10S2/c1-93-34-43-26-41(27-44(43)35-93)36-102-61-32-56-51(31-60(61)100-2)67(85-37-80-56)104-58-19-15-49(29-55(58)78)91-74(107)95(73(106)90-47-12-16-50(17-13-47)103-69-63-65(83-38-81-63)84-40-87-69)70(97)62(42-6-4-3-5-7-42)53-33-75(53,71(98)88-46-10-8-45(76)9-11-46)72(99)89-48-14-18-59(54(77)28-48)105-68-52-30-57(92-64(52)82-39-86-68)66(96)79-20-21-94-22-24-101-25-23-94/h3-19,28-32,37-41,43-44,53,62H,20-27,33-36H2,1-2H3,(H,79,96)(H,88,98)(H,89,99)(H,90,106)(H,91,107)(H,82,86,92)(H,81,83,84,87)/t41?,43-,44+,53?,62?,75?. The quantitative estimate of drug-likeness (QED) is 0.0231. The molecule has 2 saturated carbocycles. The number of rotatable bonds is 23. The number of benzene rings is 6. The van der Waals surface area contributed by atoms with Crippen LogP contribution in [0.4, 0.5) is 35.9 Å². The van der Waals surface area contributed by atoms with Gasteiger partial charge in [0.1, 0.15) is 47.3 Å². The van der Waals surface area contributed by atoms with Crippen LogP contribution in [0, 0.1) is 46.5 Å². The van der Waals surface area contributed by atoms with Gasteiger partial charge in [0.25, 0.3) is 11.8 Å². The molecular weight excluding hydrogens is 1420 g/mol. The second kappa shape index (κ2) is 30.7. The Hall–Kier alpha value is -11.8. The summed E-state index contributed by atoms with van der Waals surface area (Å²) in [4.78, 5) is 101. The van der Waals surface area contributed by atoms with Crippen LogP contribution < -0.4 is 50.3 Å². The van der Waals surface area contributed by atoms with Crippen LogP contribution in [0.15, 0.2) is 159 Å². The number of nitrogens with zero attached hydrogens (tertiary/aromatic N) is 10. The van der Waals surface area contributed by atoms with E-state index in [0.29, 0.717) is 101 Å². The van der Waals surface area contributed by atoms with Gasteiger partial charge in [-0.1, -0.05) is 30.3 Å². The fraction of sp³-hybridized carbons (Fsp3) is 0.267. The lowest BCUT2D eigenvalue weighted by Crippen LogP contribution is -2.49. The molecule has 11 aromatic rings. The summed E-state index contributed by atoms with van der Waals surface area (Å²) in [5.41, 5.74) is 0.249. The third-order valence-electron chi connectivity index (χ3n) is 19.5. The topological polar surface area (TPSA) is 315 Å². The van der Waals surface area contributed by atoms with Gasteiger partial charge in [0, 0.05) is 80.2 Å². The lowest BCUT2D eigenvalue weighted by atomic mass is 9.86. The number of hydrogen-bond acceptors (Lipinski definition) is 21. The van der Waals surface area contributed by atoms with Crippen molar-refractivity contribution in [2.45, 2.75) is 25.2 Å². The Kier molecular flexibility index (Phi) is 20.3. The average Bonchev–Trinajstić information content (AvgIpc) is 1.54. The predicted molar refractivity (Wildman–Crippen MR) is 396 cm³/mol. The van der Waals surface area contributed by atoms with E-state index in [2.05, 4.69) is 88.3 Å². The molecule has 27 nitrogen and oxygen atoms in total. The highest BCUT2D eigenvalue weighted by Gasteiger charge is 2.69. The first-order chi connectivity index (χ1) is 52.0. The number of fused-ring (bicyclic) bond motifs is 4. The number of thiocarbonyl (C=S) groups is 2. The molecule has 546 valence electrons. The van der Waals surface area contributed by atoms with Crippen LogP contribution in [0.1, 0.15) is 41.2 Å². The Labute approximate surface area is 619 Å². The molecular formula is C75H68F3N17O10S2. The van der Waals surface area contributed by atoms with Crippen LogP contribution in [0.25, 0.3) is 33.1 Å². The summed E-state index contributed by atoms with van der Waals surface area (Å²) < 4.78 is 83.4. The third kappa shape index (κ3) is 15.4. The molecule has 0 spiro atoms. The maximum atomic E-state index is 16.7. The minimum absolute atomic E-state index is 0.0188. The number of aromatic nitrogens is 9. The van der Waals surface area contributed by atoms with Gasteiger partial charge in [0.05, 0.1) is 55.5 Å². The number of likely N-dealkylation sites (tertiary alicyclic amines) is 1. The number of carbonyl (C=O) groups excluding carboxylic acids is 4. The van der Waals surface area contributed by atoms with Gasteiger partial charge in [-0.3, -0.25) is 24.1 Å². The van der Waals surface area contributed by atoms with Gasteiger partial charge in [-0.2, -0.15) is 4.98 Å². The van der Waals surface area contributed by atoms with E-state index in [1.165, 1.54) is 74.9 Å². The molecule has 32 heteroatoms. The number of methoxy groups -OCH3 is 1. The smallest absolute Gasteiger partial charge is 0.267 e. The second-order valence-corrected chi connectivity index (χ2v) is 27.2. The minimum Gasteiger partial charge on any atom is -0.493 e. The molecule has 4 amide bonds. The maximum Gasteiger partial charge on any atom is 0.267 e. The Morgan fingerprint density at radius 3 is 1.94 bits per heavy atom. The molecule has 6 atom stereocenters. The van der Waals surface area contributed by atoms with Crippen LogP contribution in [0.3, 0.4) is 0 Å². The average molecular weight is 1490 g/mol. The molecule has 0 radical (unpaired) electrons. The number of hydrogen-bond donors (Lipinski definition) is 7. The number of amides is 4. The van der Waals surface area contributed by atoms with E-state index in [9.17, 15) is 9.18 Å². The van der Waals surface area contributed by atoms with E-state index in [1.54, 1.807) is 66.7 Å². The molecule has 4 aliphatic rings. The number of morpholine rings is 1. The molecule has 4 fully saturated rings. The summed E-state index contributed by atoms with van der Waals surface area (Å²) in [6.07, 6.45) is 7.15. The van der Waals surface area contributed by atoms with E-state index < -0.39 is 58.3 Å². The van der Waals surface area contributed by atoms with Gasteiger partial charge in [0.2, 0.25) is 29.5 Å². The molecule has 7 heterocycles. The van der Waals surface area contributed by atoms with E-state index >= 15 is 23.2 Å². The lowest BCUT2D eigenvalue weighted by molar-refractivity contribution is -0.132. The number of ether oxygens (including phenoxy) is 6. The van der Waals surface area contributed by atoms with Crippen molar-refractivity contribution in [3.8, 4) is 46.4 Å². The number of H-pyrrole nitrogens is 2. The number of anilines is 4. The van der Waals surface area contributed by atoms with Crippen LogP contribution in [-0.2, 0) is 19.1 Å². The fourth-order valence-electron chi connectivity index (χ4n) is 14.2. The Balaban J connectivity index is 0.701. The summed E-state index contributed by atoms with van der Waals surface area (Å²) in [7, 11) is 3.69. The highest BCUT2D eigenvalue weighted by atomic mass is 32.1. The first-order valence-corrected chi connectivity index (χ1v) is 35.1. The molecule has 4 unspecified atom stereocenters. The monoisotopic (exact) mass is 1490 g/mol. The fourth-order valence-corrected chi connectivity index (χ4v) is 14.8. The van der Waals surface area contributed by atoms with Crippen LogP contribution in [-0.4, -0.2) is 167 Å². The van der Waals surface area contributed by atoms with Gasteiger partial charge in [0.15, 0.2) is 56.0 Å². The van der Waals surface area contributed by atoms with Gasteiger partial charge in [-0.05, 0) is 165 Å². The van der Waals surface area contributed by atoms with Crippen molar-refractivity contribution >= 4 is 114 Å². The molecule has 6 aromatic carbocycles. The van der Waals surface area contributed by atoms with Gasteiger partial charge < -0.3 is 69.9 Å². The summed E-state index contributed by atoms with van der Waals surface area (Å²) in [5.74, 6) is -5.70. The zero-order valence-corrected chi connectivity index (χ0v) is 59.0. The van der Waals surface area contributed by atoms with Crippen molar-refractivity contribution in [2.24, 2.45) is 29.1 Å². The molecule has 2 aliphatic heterocycles. The molecule has 7 N–H and O–H groups in total. The van der Waals surface area contributed by atoms with E-state index in [1.807, 2.05) is 0 Å². The number of imidazole rings is 1. The summed E-state index contributed by atoms with van der Waals surface area (Å²) >= 11 is 12.2. The minimum atomic E-state index is -2.14. The van der Waals surface area contributed by atoms with Crippen molar-refractivity contribution < 1.29 is 60.8 Å². The number of nitrogens with one attached hydrogen (secondary N) is 7. The molecule has 5 aromatic heterocycles. The first kappa shape index (κ1) is 70.8. The Morgan fingerprint density at radius 2 is 1.26 bits per heavy atom. The molecule has 2 saturated heterocycles. The SMILES string of the molecule is COc1cc2c(Oc3ccc(NC(=S)N(C(=O)C(c4ccccc4)C4CC4(C(=O)Nc4ccc(F)cc4)C(=O)Nc4ccc(Oc5ncnc6[nH]c(C(=O)NCCN7CCOCC7)cc56)c(F)c4)C(=S)Nc4ccc(Oc5ncnc6[nH]cnc56)cc4)cc3F)ncnc2cc1OCC1C[C@@H]2CN(C)C[C@@H]2C1. The predicted octanol–water partition coefficient (Wildman–Crippen LogP) is 11.4. The van der Waals surface area contributed by atoms with Crippen molar-refractivity contribution in [1.29, 1.82) is 0 Å². The van der Waals surface area contributed by atoms with Crippen molar-refractivity contribution in [3.63, 3.8) is 0 Å². The zero-order chi connectivity index (χ0) is 73.9.